The summed E-state index contributed by atoms with van der Waals surface area (Å²) in [6.07, 6.45) is 1.39. The summed E-state index contributed by atoms with van der Waals surface area (Å²) >= 11 is 3.38. The van der Waals surface area contributed by atoms with Crippen LogP contribution in [-0.4, -0.2) is 13.0 Å². The van der Waals surface area contributed by atoms with E-state index in [4.69, 9.17) is 20.5 Å². The van der Waals surface area contributed by atoms with Crippen molar-refractivity contribution in [2.24, 2.45) is 5.73 Å². The van der Waals surface area contributed by atoms with Gasteiger partial charge in [0.1, 0.15) is 18.2 Å². The first-order valence-electron chi connectivity index (χ1n) is 7.01. The first-order chi connectivity index (χ1) is 11.5. The molecule has 2 aromatic carbocycles. The molecule has 5 nitrogen and oxygen atoms in total. The van der Waals surface area contributed by atoms with Crippen LogP contribution in [0.15, 0.2) is 52.5 Å². The molecule has 24 heavy (non-hydrogen) atoms. The first-order valence-corrected chi connectivity index (χ1v) is 7.80. The number of benzene rings is 2. The lowest BCUT2D eigenvalue weighted by Gasteiger charge is -2.13. The van der Waals surface area contributed by atoms with Crippen molar-refractivity contribution in [3.05, 3.63) is 63.6 Å². The molecule has 2 rings (SSSR count). The van der Waals surface area contributed by atoms with Gasteiger partial charge in [0, 0.05) is 10.0 Å². The van der Waals surface area contributed by atoms with Crippen LogP contribution in [0.25, 0.3) is 6.08 Å². The predicted molar refractivity (Wildman–Crippen MR) is 94.3 cm³/mol. The van der Waals surface area contributed by atoms with E-state index in [-0.39, 0.29) is 5.57 Å². The second kappa shape index (κ2) is 8.18. The normalized spacial score (nSPS) is 10.8. The van der Waals surface area contributed by atoms with Crippen LogP contribution < -0.4 is 15.2 Å². The molecule has 0 heterocycles. The van der Waals surface area contributed by atoms with Crippen LogP contribution in [0, 0.1) is 11.3 Å². The average molecular weight is 387 g/mol. The molecule has 2 aromatic rings. The number of hydrogen-bond acceptors (Lipinski definition) is 4. The molecule has 6 heteroatoms. The highest BCUT2D eigenvalue weighted by molar-refractivity contribution is 9.10. The number of hydrogen-bond donors (Lipinski definition) is 1. The highest BCUT2D eigenvalue weighted by atomic mass is 79.9. The Morgan fingerprint density at radius 3 is 2.58 bits per heavy atom. The third-order valence-electron chi connectivity index (χ3n) is 3.21. The molecule has 0 aliphatic rings. The largest absolute Gasteiger partial charge is 0.493 e. The van der Waals surface area contributed by atoms with Crippen LogP contribution in [0.4, 0.5) is 0 Å². The van der Waals surface area contributed by atoms with Gasteiger partial charge in [0.25, 0.3) is 5.91 Å². The Balaban J connectivity index is 2.35. The fourth-order valence-corrected chi connectivity index (χ4v) is 2.28. The Kier molecular flexibility index (Phi) is 5.99. The lowest BCUT2D eigenvalue weighted by molar-refractivity contribution is -0.114. The molecule has 0 atom stereocenters. The molecule has 0 unspecified atom stereocenters. The predicted octanol–water partition coefficient (Wildman–Crippen LogP) is 3.43. The molecule has 2 N–H and O–H groups in total. The number of ether oxygens (including phenoxy) is 2. The van der Waals surface area contributed by atoms with Gasteiger partial charge in [-0.25, -0.2) is 0 Å². The number of halogens is 1. The molecule has 0 aliphatic carbocycles. The van der Waals surface area contributed by atoms with Crippen molar-refractivity contribution in [2.45, 2.75) is 6.61 Å². The highest BCUT2D eigenvalue weighted by Gasteiger charge is 2.12. The summed E-state index contributed by atoms with van der Waals surface area (Å²) in [4.78, 5) is 11.3. The zero-order valence-corrected chi connectivity index (χ0v) is 14.5. The van der Waals surface area contributed by atoms with E-state index in [0.29, 0.717) is 23.7 Å². The maximum Gasteiger partial charge on any atom is 0.259 e. The van der Waals surface area contributed by atoms with E-state index in [0.717, 1.165) is 10.0 Å². The number of nitrogens with two attached hydrogens (primary N) is 1. The number of para-hydroxylation sites is 1. The Labute approximate surface area is 148 Å². The standard InChI is InChI=1S/C18H15BrN2O3/c1-23-16-4-2-3-13(9-14(10-20)18(21)22)17(16)24-11-12-5-7-15(19)8-6-12/h2-9H,11H2,1H3,(H2,21,22). The number of nitrogens with zero attached hydrogens (tertiary/aromatic N) is 1. The van der Waals surface area contributed by atoms with E-state index in [1.165, 1.54) is 13.2 Å². The fourth-order valence-electron chi connectivity index (χ4n) is 2.01. The van der Waals surface area contributed by atoms with Gasteiger partial charge in [0.2, 0.25) is 0 Å². The quantitative estimate of drug-likeness (QED) is 0.608. The molecule has 0 aromatic heterocycles. The van der Waals surface area contributed by atoms with Crippen molar-refractivity contribution in [2.75, 3.05) is 7.11 Å². The minimum absolute atomic E-state index is 0.156. The summed E-state index contributed by atoms with van der Waals surface area (Å²) < 4.78 is 12.2. The van der Waals surface area contributed by atoms with Crippen molar-refractivity contribution >= 4 is 27.9 Å². The summed E-state index contributed by atoms with van der Waals surface area (Å²) in [5, 5.41) is 9.01. The number of rotatable bonds is 6. The molecule has 122 valence electrons. The summed E-state index contributed by atoms with van der Waals surface area (Å²) in [5.74, 6) is 0.152. The number of nitriles is 1. The van der Waals surface area contributed by atoms with E-state index in [1.807, 2.05) is 24.3 Å². The summed E-state index contributed by atoms with van der Waals surface area (Å²) in [7, 11) is 1.52. The lowest BCUT2D eigenvalue weighted by Crippen LogP contribution is -2.12. The minimum Gasteiger partial charge on any atom is -0.493 e. The van der Waals surface area contributed by atoms with Crippen LogP contribution in [0.1, 0.15) is 11.1 Å². The van der Waals surface area contributed by atoms with E-state index in [2.05, 4.69) is 15.9 Å². The van der Waals surface area contributed by atoms with Gasteiger partial charge >= 0.3 is 0 Å². The van der Waals surface area contributed by atoms with Gasteiger partial charge in [-0.2, -0.15) is 5.26 Å². The Hall–Kier alpha value is -2.78. The van der Waals surface area contributed by atoms with Crippen LogP contribution in [0.5, 0.6) is 11.5 Å². The number of amides is 1. The average Bonchev–Trinajstić information content (AvgIpc) is 2.59. The van der Waals surface area contributed by atoms with Crippen molar-refractivity contribution in [3.8, 4) is 17.6 Å². The number of primary amides is 1. The zero-order valence-electron chi connectivity index (χ0n) is 13.0. The smallest absolute Gasteiger partial charge is 0.259 e. The summed E-state index contributed by atoms with van der Waals surface area (Å²) in [6, 6.07) is 14.7. The molecule has 1 amide bonds. The SMILES string of the molecule is COc1cccc(C=C(C#N)C(N)=O)c1OCc1ccc(Br)cc1. The second-order valence-corrected chi connectivity index (χ2v) is 5.74. The van der Waals surface area contributed by atoms with Gasteiger partial charge < -0.3 is 15.2 Å². The van der Waals surface area contributed by atoms with Crippen LogP contribution in [-0.2, 0) is 11.4 Å². The van der Waals surface area contributed by atoms with E-state index in [9.17, 15) is 4.79 Å². The van der Waals surface area contributed by atoms with Gasteiger partial charge in [0.05, 0.1) is 7.11 Å². The Bertz CT molecular complexity index is 808. The second-order valence-electron chi connectivity index (χ2n) is 4.83. The topological polar surface area (TPSA) is 85.3 Å². The van der Waals surface area contributed by atoms with Gasteiger partial charge in [-0.15, -0.1) is 0 Å². The fraction of sp³-hybridized carbons (Fsp3) is 0.111. The lowest BCUT2D eigenvalue weighted by atomic mass is 10.1. The molecule has 0 radical (unpaired) electrons. The number of methoxy groups -OCH3 is 1. The molecule has 0 saturated carbocycles. The van der Waals surface area contributed by atoms with Crippen molar-refractivity contribution in [1.29, 1.82) is 5.26 Å². The zero-order chi connectivity index (χ0) is 17.5. The minimum atomic E-state index is -0.792. The molecule has 0 aliphatic heterocycles. The van der Waals surface area contributed by atoms with E-state index < -0.39 is 5.91 Å². The maximum absolute atomic E-state index is 11.3. The number of carbonyl (C=O) groups is 1. The summed E-state index contributed by atoms with van der Waals surface area (Å²) in [5.41, 5.74) is 6.54. The molecular weight excluding hydrogens is 372 g/mol. The third-order valence-corrected chi connectivity index (χ3v) is 3.74. The third kappa shape index (κ3) is 4.37. The molecule has 0 spiro atoms. The molecular formula is C18H15BrN2O3. The van der Waals surface area contributed by atoms with Crippen LogP contribution in [0.3, 0.4) is 0 Å². The maximum atomic E-state index is 11.3. The van der Waals surface area contributed by atoms with E-state index in [1.54, 1.807) is 24.3 Å². The highest BCUT2D eigenvalue weighted by Crippen LogP contribution is 2.33. The van der Waals surface area contributed by atoms with Crippen molar-refractivity contribution < 1.29 is 14.3 Å². The van der Waals surface area contributed by atoms with E-state index >= 15 is 0 Å². The van der Waals surface area contributed by atoms with Gasteiger partial charge in [-0.05, 0) is 29.8 Å². The van der Waals surface area contributed by atoms with Gasteiger partial charge in [-0.1, -0.05) is 40.2 Å². The van der Waals surface area contributed by atoms with Crippen LogP contribution >= 0.6 is 15.9 Å². The first kappa shape index (κ1) is 17.6. The van der Waals surface area contributed by atoms with Crippen molar-refractivity contribution in [3.63, 3.8) is 0 Å². The Morgan fingerprint density at radius 2 is 2.00 bits per heavy atom. The monoisotopic (exact) mass is 386 g/mol. The summed E-state index contributed by atoms with van der Waals surface area (Å²) in [6.45, 7) is 0.312. The van der Waals surface area contributed by atoms with Gasteiger partial charge in [0.15, 0.2) is 11.5 Å². The molecule has 0 bridgehead atoms. The Morgan fingerprint density at radius 1 is 1.29 bits per heavy atom. The molecule has 0 fully saturated rings. The van der Waals surface area contributed by atoms with Crippen LogP contribution in [0.2, 0.25) is 0 Å². The number of carbonyl (C=O) groups excluding carboxylic acids is 1. The van der Waals surface area contributed by atoms with Gasteiger partial charge in [-0.3, -0.25) is 4.79 Å². The van der Waals surface area contributed by atoms with Crippen molar-refractivity contribution in [1.82, 2.24) is 0 Å². The molecule has 0 saturated heterocycles.